The van der Waals surface area contributed by atoms with Crippen LogP contribution in [0, 0.1) is 6.92 Å². The Morgan fingerprint density at radius 1 is 0.865 bits per heavy atom. The Morgan fingerprint density at radius 2 is 1.49 bits per heavy atom. The molecule has 1 atom stereocenters. The fourth-order valence-electron chi connectivity index (χ4n) is 4.02. The van der Waals surface area contributed by atoms with Gasteiger partial charge in [0.1, 0.15) is 0 Å². The number of sulfonamides is 1. The third-order valence-electron chi connectivity index (χ3n) is 6.20. The van der Waals surface area contributed by atoms with Crippen LogP contribution in [0.3, 0.4) is 0 Å². The topological polar surface area (TPSA) is 66.5 Å². The molecule has 0 aliphatic rings. The molecule has 0 aromatic heterocycles. The van der Waals surface area contributed by atoms with Crippen LogP contribution in [0.2, 0.25) is 5.02 Å². The largest absolute Gasteiger partial charge is 0.351 e. The lowest BCUT2D eigenvalue weighted by Crippen LogP contribution is -2.34. The second kappa shape index (κ2) is 11.6. The Kier molecular flexibility index (Phi) is 8.31. The lowest BCUT2D eigenvalue weighted by molar-refractivity contribution is 0.0952. The van der Waals surface area contributed by atoms with E-state index in [2.05, 4.69) is 5.32 Å². The summed E-state index contributed by atoms with van der Waals surface area (Å²) < 4.78 is 29.1. The van der Waals surface area contributed by atoms with Crippen molar-refractivity contribution in [3.63, 3.8) is 0 Å². The Labute approximate surface area is 223 Å². The van der Waals surface area contributed by atoms with Crippen molar-refractivity contribution in [3.8, 4) is 0 Å². The van der Waals surface area contributed by atoms with E-state index in [0.717, 1.165) is 16.7 Å². The van der Waals surface area contributed by atoms with Crippen molar-refractivity contribution in [1.82, 2.24) is 5.32 Å². The summed E-state index contributed by atoms with van der Waals surface area (Å²) in [7, 11) is -3.99. The quantitative estimate of drug-likeness (QED) is 0.265. The zero-order valence-electron chi connectivity index (χ0n) is 20.8. The summed E-state index contributed by atoms with van der Waals surface area (Å²) in [5, 5.41) is 3.54. The van der Waals surface area contributed by atoms with E-state index < -0.39 is 10.0 Å². The van der Waals surface area contributed by atoms with Gasteiger partial charge in [0.15, 0.2) is 0 Å². The van der Waals surface area contributed by atoms with E-state index in [-0.39, 0.29) is 28.8 Å². The summed E-state index contributed by atoms with van der Waals surface area (Å²) in [6.45, 7) is 4.39. The summed E-state index contributed by atoms with van der Waals surface area (Å²) in [6.07, 6.45) is 0. The van der Waals surface area contributed by atoms with Crippen molar-refractivity contribution >= 4 is 33.2 Å². The molecule has 190 valence electrons. The fraction of sp³-hybridized carbons (Fsp3) is 0.167. The number of hydrogen-bond acceptors (Lipinski definition) is 3. The maximum atomic E-state index is 13.9. The van der Waals surface area contributed by atoms with Crippen LogP contribution in [-0.2, 0) is 16.6 Å². The first kappa shape index (κ1) is 26.5. The van der Waals surface area contributed by atoms with Crippen molar-refractivity contribution < 1.29 is 13.2 Å². The van der Waals surface area contributed by atoms with Gasteiger partial charge in [0.25, 0.3) is 15.9 Å². The molecule has 0 saturated heterocycles. The van der Waals surface area contributed by atoms with Gasteiger partial charge in [-0.25, -0.2) is 8.42 Å². The zero-order valence-corrected chi connectivity index (χ0v) is 22.3. The summed E-state index contributed by atoms with van der Waals surface area (Å²) in [5.41, 5.74) is 3.40. The van der Waals surface area contributed by atoms with E-state index in [1.165, 1.54) is 4.31 Å². The lowest BCUT2D eigenvalue weighted by atomic mass is 10.0. The maximum Gasteiger partial charge on any atom is 0.264 e. The molecule has 0 radical (unpaired) electrons. The van der Waals surface area contributed by atoms with Gasteiger partial charge >= 0.3 is 0 Å². The summed E-state index contributed by atoms with van der Waals surface area (Å²) in [6, 6.07) is 30.4. The monoisotopic (exact) mass is 532 g/mol. The Hall–Kier alpha value is -3.61. The number of aryl methyl sites for hydroxylation is 1. The molecule has 0 unspecified atom stereocenters. The number of rotatable bonds is 9. The van der Waals surface area contributed by atoms with Crippen LogP contribution in [0.1, 0.15) is 39.9 Å². The molecule has 1 N–H and O–H groups in total. The molecule has 4 rings (SSSR count). The molecular weight excluding hydrogens is 504 g/mol. The van der Waals surface area contributed by atoms with Crippen LogP contribution in [-0.4, -0.2) is 20.9 Å². The minimum atomic E-state index is -3.99. The highest BCUT2D eigenvalue weighted by molar-refractivity contribution is 7.92. The molecule has 0 fully saturated rings. The van der Waals surface area contributed by atoms with Crippen LogP contribution in [0.5, 0.6) is 0 Å². The normalized spacial score (nSPS) is 12.1. The van der Waals surface area contributed by atoms with Crippen LogP contribution >= 0.6 is 11.6 Å². The van der Waals surface area contributed by atoms with Gasteiger partial charge in [0.2, 0.25) is 0 Å². The number of carbonyl (C=O) groups is 1. The molecule has 0 aliphatic heterocycles. The minimum Gasteiger partial charge on any atom is -0.351 e. The van der Waals surface area contributed by atoms with Crippen molar-refractivity contribution in [3.05, 3.63) is 130 Å². The number of benzene rings is 4. The number of halogens is 1. The molecule has 4 aromatic rings. The predicted octanol–water partition coefficient (Wildman–Crippen LogP) is 6.58. The summed E-state index contributed by atoms with van der Waals surface area (Å²) in [4.78, 5) is 13.5. The Bertz CT molecular complexity index is 1460. The van der Waals surface area contributed by atoms with E-state index in [9.17, 15) is 13.2 Å². The van der Waals surface area contributed by atoms with Crippen molar-refractivity contribution in [1.29, 1.82) is 0 Å². The Balaban J connectivity index is 1.69. The van der Waals surface area contributed by atoms with Gasteiger partial charge in [-0.2, -0.15) is 0 Å². The van der Waals surface area contributed by atoms with Gasteiger partial charge in [-0.1, -0.05) is 90.8 Å². The van der Waals surface area contributed by atoms with Gasteiger partial charge in [-0.05, 0) is 60.4 Å². The number of para-hydroxylation sites is 1. The first-order chi connectivity index (χ1) is 17.8. The third-order valence-corrected chi connectivity index (χ3v) is 8.23. The van der Waals surface area contributed by atoms with E-state index >= 15 is 0 Å². The maximum absolute atomic E-state index is 13.9. The van der Waals surface area contributed by atoms with E-state index in [0.29, 0.717) is 17.3 Å². The standard InChI is InChI=1S/C30H29ClN2O3S/c1-22-12-18-27(19-13-22)37(35,36)33(21-24-14-16-26(31)17-15-24)29-11-7-6-10-28(29)30(34)32-20-23(2)25-8-4-3-5-9-25/h3-19,23H,20-21H2,1-2H3,(H,32,34)/t23-/m1/s1. The van der Waals surface area contributed by atoms with Crippen molar-refractivity contribution in [2.75, 3.05) is 10.8 Å². The zero-order chi connectivity index (χ0) is 26.4. The number of carbonyl (C=O) groups excluding carboxylic acids is 1. The first-order valence-electron chi connectivity index (χ1n) is 12.0. The highest BCUT2D eigenvalue weighted by atomic mass is 35.5. The third kappa shape index (κ3) is 6.40. The molecule has 7 heteroatoms. The second-order valence-electron chi connectivity index (χ2n) is 8.99. The van der Waals surface area contributed by atoms with Crippen LogP contribution in [0.15, 0.2) is 108 Å². The van der Waals surface area contributed by atoms with Crippen molar-refractivity contribution in [2.24, 2.45) is 0 Å². The highest BCUT2D eigenvalue weighted by Gasteiger charge is 2.28. The Morgan fingerprint density at radius 3 is 2.16 bits per heavy atom. The molecule has 0 spiro atoms. The average Bonchev–Trinajstić information content (AvgIpc) is 2.92. The molecular formula is C30H29ClN2O3S. The molecule has 0 saturated carbocycles. The molecule has 37 heavy (non-hydrogen) atoms. The molecule has 0 bridgehead atoms. The SMILES string of the molecule is Cc1ccc(S(=O)(=O)N(Cc2ccc(Cl)cc2)c2ccccc2C(=O)NC[C@@H](C)c2ccccc2)cc1. The first-order valence-corrected chi connectivity index (χ1v) is 13.8. The number of hydrogen-bond donors (Lipinski definition) is 1. The number of nitrogens with one attached hydrogen (secondary N) is 1. The number of anilines is 1. The van der Waals surface area contributed by atoms with E-state index in [1.807, 2.05) is 44.2 Å². The average molecular weight is 533 g/mol. The van der Waals surface area contributed by atoms with Gasteiger partial charge < -0.3 is 5.32 Å². The molecule has 4 aromatic carbocycles. The van der Waals surface area contributed by atoms with Crippen LogP contribution in [0.4, 0.5) is 5.69 Å². The molecule has 0 heterocycles. The molecule has 1 amide bonds. The molecule has 5 nitrogen and oxygen atoms in total. The number of nitrogens with zero attached hydrogens (tertiary/aromatic N) is 1. The van der Waals surface area contributed by atoms with Gasteiger partial charge in [-0.15, -0.1) is 0 Å². The number of amides is 1. The van der Waals surface area contributed by atoms with Crippen LogP contribution in [0.25, 0.3) is 0 Å². The molecule has 0 aliphatic carbocycles. The second-order valence-corrected chi connectivity index (χ2v) is 11.3. The fourth-order valence-corrected chi connectivity index (χ4v) is 5.61. The smallest absolute Gasteiger partial charge is 0.264 e. The summed E-state index contributed by atoms with van der Waals surface area (Å²) in [5.74, 6) is -0.239. The van der Waals surface area contributed by atoms with E-state index in [1.54, 1.807) is 72.8 Å². The highest BCUT2D eigenvalue weighted by Crippen LogP contribution is 2.30. The van der Waals surface area contributed by atoms with Gasteiger partial charge in [0.05, 0.1) is 22.7 Å². The van der Waals surface area contributed by atoms with Crippen molar-refractivity contribution in [2.45, 2.75) is 31.2 Å². The van der Waals surface area contributed by atoms with Gasteiger partial charge in [0, 0.05) is 11.6 Å². The van der Waals surface area contributed by atoms with Gasteiger partial charge in [-0.3, -0.25) is 9.10 Å². The summed E-state index contributed by atoms with van der Waals surface area (Å²) >= 11 is 6.05. The predicted molar refractivity (Wildman–Crippen MR) is 150 cm³/mol. The van der Waals surface area contributed by atoms with E-state index in [4.69, 9.17) is 11.6 Å². The lowest BCUT2D eigenvalue weighted by Gasteiger charge is -2.27. The minimum absolute atomic E-state index is 0.0398. The van der Waals surface area contributed by atoms with Crippen LogP contribution < -0.4 is 9.62 Å².